The molecule has 1 aliphatic heterocycles. The van der Waals surface area contributed by atoms with E-state index in [4.69, 9.17) is 0 Å². The van der Waals surface area contributed by atoms with E-state index in [2.05, 4.69) is 25.8 Å². The van der Waals surface area contributed by atoms with Crippen molar-refractivity contribution in [2.45, 2.75) is 18.9 Å². The smallest absolute Gasteiger partial charge is 0.176 e. The summed E-state index contributed by atoms with van der Waals surface area (Å²) in [6, 6.07) is 19.5. The Hall–Kier alpha value is -2.08. The standard InChI is InChI=1S/C22H25NO/c1-18-14-16-23(2)17-19(18)13-15-22(24,20-9-5-3-6-10-20)21-11-7-4-8-12-21/h3-12,18-19,24H,14,16-17H2,1-2H3/p+1/t18-,19+/m1/s1. The molecule has 24 heavy (non-hydrogen) atoms. The minimum atomic E-state index is -1.26. The molecule has 2 N–H and O–H groups in total. The third-order valence-electron chi connectivity index (χ3n) is 5.10. The molecule has 2 aromatic carbocycles. The Bertz CT molecular complexity index is 674. The highest BCUT2D eigenvalue weighted by Crippen LogP contribution is 2.29. The number of aliphatic hydroxyl groups is 1. The zero-order valence-electron chi connectivity index (χ0n) is 14.5. The van der Waals surface area contributed by atoms with Crippen LogP contribution in [-0.2, 0) is 5.60 Å². The first-order chi connectivity index (χ1) is 11.6. The second kappa shape index (κ2) is 7.21. The van der Waals surface area contributed by atoms with Crippen LogP contribution < -0.4 is 4.90 Å². The first-order valence-electron chi connectivity index (χ1n) is 8.77. The van der Waals surface area contributed by atoms with Gasteiger partial charge < -0.3 is 10.0 Å². The van der Waals surface area contributed by atoms with Crippen LogP contribution in [0.25, 0.3) is 0 Å². The predicted octanol–water partition coefficient (Wildman–Crippen LogP) is 2.10. The third kappa shape index (κ3) is 3.53. The van der Waals surface area contributed by atoms with E-state index in [9.17, 15) is 5.11 Å². The minimum absolute atomic E-state index is 0.331. The van der Waals surface area contributed by atoms with Crippen LogP contribution in [-0.4, -0.2) is 25.2 Å². The molecule has 0 aromatic heterocycles. The first-order valence-corrected chi connectivity index (χ1v) is 8.77. The molecule has 1 saturated heterocycles. The number of hydrogen-bond donors (Lipinski definition) is 2. The van der Waals surface area contributed by atoms with Crippen LogP contribution >= 0.6 is 0 Å². The van der Waals surface area contributed by atoms with Crippen LogP contribution in [0.4, 0.5) is 0 Å². The molecule has 0 radical (unpaired) electrons. The van der Waals surface area contributed by atoms with E-state index in [1.165, 1.54) is 17.9 Å². The van der Waals surface area contributed by atoms with Gasteiger partial charge >= 0.3 is 0 Å². The van der Waals surface area contributed by atoms with Crippen LogP contribution in [0.3, 0.4) is 0 Å². The lowest BCUT2D eigenvalue weighted by Gasteiger charge is -2.30. The zero-order chi connectivity index (χ0) is 17.0. The van der Waals surface area contributed by atoms with Gasteiger partial charge in [0.15, 0.2) is 5.60 Å². The molecule has 2 aromatic rings. The summed E-state index contributed by atoms with van der Waals surface area (Å²) in [7, 11) is 2.22. The fourth-order valence-electron chi connectivity index (χ4n) is 3.41. The Labute approximate surface area is 145 Å². The van der Waals surface area contributed by atoms with E-state index in [1.54, 1.807) is 0 Å². The van der Waals surface area contributed by atoms with Crippen molar-refractivity contribution >= 4 is 0 Å². The molecular weight excluding hydrogens is 294 g/mol. The average Bonchev–Trinajstić information content (AvgIpc) is 2.63. The summed E-state index contributed by atoms with van der Waals surface area (Å²) in [5.41, 5.74) is 0.397. The molecule has 1 aliphatic rings. The van der Waals surface area contributed by atoms with Gasteiger partial charge in [0.1, 0.15) is 0 Å². The van der Waals surface area contributed by atoms with Gasteiger partial charge in [0, 0.05) is 17.5 Å². The SMILES string of the molecule is C[C@@H]1CC[NH+](C)C[C@@H]1C#CC(O)(c1ccccc1)c1ccccc1. The summed E-state index contributed by atoms with van der Waals surface area (Å²) in [4.78, 5) is 1.52. The summed E-state index contributed by atoms with van der Waals surface area (Å²) in [5, 5.41) is 11.5. The van der Waals surface area contributed by atoms with E-state index in [1.807, 2.05) is 60.7 Å². The molecule has 2 nitrogen and oxygen atoms in total. The predicted molar refractivity (Wildman–Crippen MR) is 97.6 cm³/mol. The Kier molecular flexibility index (Phi) is 5.04. The average molecular weight is 320 g/mol. The van der Waals surface area contributed by atoms with Crippen molar-refractivity contribution in [2.75, 3.05) is 20.1 Å². The van der Waals surface area contributed by atoms with Gasteiger partial charge in [-0.15, -0.1) is 0 Å². The molecule has 0 amide bonds. The molecule has 1 heterocycles. The van der Waals surface area contributed by atoms with Crippen molar-refractivity contribution in [3.63, 3.8) is 0 Å². The van der Waals surface area contributed by atoms with Crippen LogP contribution in [0, 0.1) is 23.7 Å². The lowest BCUT2D eigenvalue weighted by molar-refractivity contribution is -0.888. The molecule has 124 valence electrons. The number of piperidine rings is 1. The first kappa shape index (κ1) is 16.8. The van der Waals surface area contributed by atoms with Gasteiger partial charge in [0.2, 0.25) is 0 Å². The maximum Gasteiger partial charge on any atom is 0.176 e. The molecule has 1 fully saturated rings. The van der Waals surface area contributed by atoms with Gasteiger partial charge in [-0.05, 0) is 5.92 Å². The summed E-state index contributed by atoms with van der Waals surface area (Å²) in [6.07, 6.45) is 1.19. The Morgan fingerprint density at radius 2 is 1.54 bits per heavy atom. The molecular formula is C22H26NO+. The largest absolute Gasteiger partial charge is 0.369 e. The number of nitrogens with one attached hydrogen (secondary N) is 1. The van der Waals surface area contributed by atoms with Gasteiger partial charge in [-0.1, -0.05) is 79.4 Å². The number of benzene rings is 2. The fraction of sp³-hybridized carbons (Fsp3) is 0.364. The number of rotatable bonds is 2. The maximum atomic E-state index is 11.5. The molecule has 3 atom stereocenters. The van der Waals surface area contributed by atoms with Gasteiger partial charge in [0.25, 0.3) is 0 Å². The normalized spacial score (nSPS) is 24.0. The number of quaternary nitrogens is 1. The second-order valence-corrected chi connectivity index (χ2v) is 7.00. The minimum Gasteiger partial charge on any atom is -0.369 e. The van der Waals surface area contributed by atoms with E-state index in [0.29, 0.717) is 11.8 Å². The van der Waals surface area contributed by atoms with Gasteiger partial charge in [0.05, 0.1) is 26.1 Å². The number of hydrogen-bond acceptors (Lipinski definition) is 1. The Morgan fingerprint density at radius 3 is 2.08 bits per heavy atom. The van der Waals surface area contributed by atoms with Crippen molar-refractivity contribution in [1.29, 1.82) is 0 Å². The van der Waals surface area contributed by atoms with Crippen molar-refractivity contribution < 1.29 is 10.0 Å². The van der Waals surface area contributed by atoms with E-state index in [-0.39, 0.29) is 0 Å². The van der Waals surface area contributed by atoms with Crippen molar-refractivity contribution in [2.24, 2.45) is 11.8 Å². The highest BCUT2D eigenvalue weighted by molar-refractivity contribution is 5.44. The third-order valence-corrected chi connectivity index (χ3v) is 5.10. The molecule has 3 rings (SSSR count). The van der Waals surface area contributed by atoms with E-state index >= 15 is 0 Å². The molecule has 0 spiro atoms. The van der Waals surface area contributed by atoms with Crippen molar-refractivity contribution in [3.8, 4) is 11.8 Å². The lowest BCUT2D eigenvalue weighted by Crippen LogP contribution is -3.11. The molecule has 2 heteroatoms. The molecule has 1 unspecified atom stereocenters. The molecule has 0 saturated carbocycles. The van der Waals surface area contributed by atoms with Gasteiger partial charge in [-0.25, -0.2) is 0 Å². The molecule has 0 bridgehead atoms. The van der Waals surface area contributed by atoms with E-state index in [0.717, 1.165) is 17.7 Å². The highest BCUT2D eigenvalue weighted by atomic mass is 16.3. The lowest BCUT2D eigenvalue weighted by atomic mass is 9.84. The molecule has 0 aliphatic carbocycles. The van der Waals surface area contributed by atoms with Gasteiger partial charge in [-0.2, -0.15) is 0 Å². The summed E-state index contributed by atoms with van der Waals surface area (Å²) in [6.45, 7) is 4.53. The maximum absolute atomic E-state index is 11.5. The fourth-order valence-corrected chi connectivity index (χ4v) is 3.41. The van der Waals surface area contributed by atoms with Crippen LogP contribution in [0.1, 0.15) is 24.5 Å². The van der Waals surface area contributed by atoms with E-state index < -0.39 is 5.60 Å². The topological polar surface area (TPSA) is 24.7 Å². The van der Waals surface area contributed by atoms with Crippen LogP contribution in [0.2, 0.25) is 0 Å². The monoisotopic (exact) mass is 320 g/mol. The Balaban J connectivity index is 1.99. The second-order valence-electron chi connectivity index (χ2n) is 7.00. The highest BCUT2D eigenvalue weighted by Gasteiger charge is 2.31. The number of likely N-dealkylation sites (tertiary alicyclic amines) is 1. The summed E-state index contributed by atoms with van der Waals surface area (Å²) < 4.78 is 0. The van der Waals surface area contributed by atoms with Crippen LogP contribution in [0.5, 0.6) is 0 Å². The van der Waals surface area contributed by atoms with Crippen molar-refractivity contribution in [1.82, 2.24) is 0 Å². The summed E-state index contributed by atoms with van der Waals surface area (Å²) >= 11 is 0. The van der Waals surface area contributed by atoms with Crippen LogP contribution in [0.15, 0.2) is 60.7 Å². The zero-order valence-corrected chi connectivity index (χ0v) is 14.5. The Morgan fingerprint density at radius 1 is 1.00 bits per heavy atom. The van der Waals surface area contributed by atoms with Gasteiger partial charge in [-0.3, -0.25) is 0 Å². The quantitative estimate of drug-likeness (QED) is 0.814. The van der Waals surface area contributed by atoms with Crippen molar-refractivity contribution in [3.05, 3.63) is 71.8 Å². The summed E-state index contributed by atoms with van der Waals surface area (Å²) in [5.74, 6) is 7.57.